The molecule has 2 nitrogen and oxygen atoms in total. The number of aryl methyl sites for hydroxylation is 1. The molecule has 0 amide bonds. The first kappa shape index (κ1) is 10.4. The number of hydrogen-bond acceptors (Lipinski definition) is 1. The van der Waals surface area contributed by atoms with Crippen molar-refractivity contribution >= 4 is 17.3 Å². The standard InChI is InChI=1S/C12H16N2S/c1-8-3-5-10(6-4-8)11-7-13-12(15)14-9(11)2/h3-6,9,11H,7H2,1-2H3,(H2,13,14,15)/t9-,11-/m1/s1. The Balaban J connectivity index is 2.16. The number of rotatable bonds is 1. The minimum absolute atomic E-state index is 0.404. The fourth-order valence-corrected chi connectivity index (χ4v) is 2.23. The summed E-state index contributed by atoms with van der Waals surface area (Å²) in [5.41, 5.74) is 2.68. The van der Waals surface area contributed by atoms with Crippen LogP contribution >= 0.6 is 12.2 Å². The highest BCUT2D eigenvalue weighted by Crippen LogP contribution is 2.21. The predicted octanol–water partition coefficient (Wildman–Crippen LogP) is 1.94. The largest absolute Gasteiger partial charge is 0.362 e. The van der Waals surface area contributed by atoms with Crippen LogP contribution in [0.1, 0.15) is 24.0 Å². The molecular formula is C12H16N2S. The molecular weight excluding hydrogens is 204 g/mol. The quantitative estimate of drug-likeness (QED) is 0.707. The van der Waals surface area contributed by atoms with Crippen LogP contribution in [-0.4, -0.2) is 17.7 Å². The SMILES string of the molecule is Cc1ccc([C@@H]2CNC(=S)N[C@@H]2C)cc1. The van der Waals surface area contributed by atoms with Gasteiger partial charge in [0.1, 0.15) is 0 Å². The van der Waals surface area contributed by atoms with Gasteiger partial charge in [-0.15, -0.1) is 0 Å². The molecule has 1 saturated heterocycles. The van der Waals surface area contributed by atoms with Crippen LogP contribution in [0.2, 0.25) is 0 Å². The molecule has 0 saturated carbocycles. The first-order valence-electron chi connectivity index (χ1n) is 5.28. The van der Waals surface area contributed by atoms with Crippen LogP contribution in [-0.2, 0) is 0 Å². The summed E-state index contributed by atoms with van der Waals surface area (Å²) in [5.74, 6) is 0.497. The summed E-state index contributed by atoms with van der Waals surface area (Å²) in [5, 5.41) is 7.23. The van der Waals surface area contributed by atoms with Crippen LogP contribution in [0.3, 0.4) is 0 Å². The molecule has 2 N–H and O–H groups in total. The van der Waals surface area contributed by atoms with Gasteiger partial charge in [0, 0.05) is 18.5 Å². The van der Waals surface area contributed by atoms with Crippen molar-refractivity contribution in [2.45, 2.75) is 25.8 Å². The highest BCUT2D eigenvalue weighted by atomic mass is 32.1. The molecule has 1 aromatic carbocycles. The molecule has 0 bridgehead atoms. The second-order valence-corrected chi connectivity index (χ2v) is 4.57. The van der Waals surface area contributed by atoms with Crippen LogP contribution in [0, 0.1) is 6.92 Å². The average molecular weight is 220 g/mol. The molecule has 1 fully saturated rings. The molecule has 1 aromatic rings. The Morgan fingerprint density at radius 3 is 2.53 bits per heavy atom. The molecule has 2 rings (SSSR count). The molecule has 80 valence electrons. The molecule has 0 spiro atoms. The Labute approximate surface area is 96.1 Å². The first-order valence-corrected chi connectivity index (χ1v) is 5.68. The van der Waals surface area contributed by atoms with Crippen molar-refractivity contribution < 1.29 is 0 Å². The Bertz CT molecular complexity index is 358. The van der Waals surface area contributed by atoms with Crippen molar-refractivity contribution in [3.05, 3.63) is 35.4 Å². The number of hydrogen-bond donors (Lipinski definition) is 2. The summed E-state index contributed by atoms with van der Waals surface area (Å²) >= 11 is 5.08. The van der Waals surface area contributed by atoms with Crippen LogP contribution in [0.25, 0.3) is 0 Å². The van der Waals surface area contributed by atoms with E-state index in [1.807, 2.05) is 0 Å². The molecule has 1 heterocycles. The van der Waals surface area contributed by atoms with Crippen LogP contribution < -0.4 is 10.6 Å². The third-order valence-corrected chi connectivity index (χ3v) is 3.21. The number of nitrogens with one attached hydrogen (secondary N) is 2. The average Bonchev–Trinajstić information content (AvgIpc) is 2.20. The minimum Gasteiger partial charge on any atom is -0.362 e. The van der Waals surface area contributed by atoms with E-state index in [2.05, 4.69) is 48.7 Å². The monoisotopic (exact) mass is 220 g/mol. The summed E-state index contributed by atoms with van der Waals surface area (Å²) in [6.07, 6.45) is 0. The molecule has 0 aliphatic carbocycles. The van der Waals surface area contributed by atoms with E-state index < -0.39 is 0 Å². The first-order chi connectivity index (χ1) is 7.16. The lowest BCUT2D eigenvalue weighted by atomic mass is 9.91. The van der Waals surface area contributed by atoms with Gasteiger partial charge >= 0.3 is 0 Å². The highest BCUT2D eigenvalue weighted by Gasteiger charge is 2.23. The van der Waals surface area contributed by atoms with Gasteiger partial charge in [-0.1, -0.05) is 29.8 Å². The minimum atomic E-state index is 0.404. The second-order valence-electron chi connectivity index (χ2n) is 4.16. The van der Waals surface area contributed by atoms with Gasteiger partial charge in [0.2, 0.25) is 0 Å². The lowest BCUT2D eigenvalue weighted by molar-refractivity contribution is 0.478. The van der Waals surface area contributed by atoms with Crippen LogP contribution in [0.4, 0.5) is 0 Å². The number of benzene rings is 1. The normalized spacial score (nSPS) is 25.6. The third-order valence-electron chi connectivity index (χ3n) is 2.95. The summed E-state index contributed by atoms with van der Waals surface area (Å²) in [4.78, 5) is 0. The maximum absolute atomic E-state index is 5.08. The van der Waals surface area contributed by atoms with Gasteiger partial charge in [-0.05, 0) is 31.6 Å². The summed E-state index contributed by atoms with van der Waals surface area (Å²) in [7, 11) is 0. The van der Waals surface area contributed by atoms with Gasteiger partial charge in [-0.25, -0.2) is 0 Å². The molecule has 3 heteroatoms. The van der Waals surface area contributed by atoms with Gasteiger partial charge < -0.3 is 10.6 Å². The van der Waals surface area contributed by atoms with Crippen molar-refractivity contribution in [1.82, 2.24) is 10.6 Å². The van der Waals surface area contributed by atoms with Crippen molar-refractivity contribution in [1.29, 1.82) is 0 Å². The third kappa shape index (κ3) is 2.29. The zero-order valence-corrected chi connectivity index (χ0v) is 9.90. The maximum atomic E-state index is 5.08. The van der Waals surface area contributed by atoms with Crippen molar-refractivity contribution in [3.8, 4) is 0 Å². The van der Waals surface area contributed by atoms with Gasteiger partial charge in [0.05, 0.1) is 0 Å². The molecule has 2 atom stereocenters. The summed E-state index contributed by atoms with van der Waals surface area (Å²) in [6, 6.07) is 9.13. The fourth-order valence-electron chi connectivity index (χ4n) is 1.96. The fraction of sp³-hybridized carbons (Fsp3) is 0.417. The van der Waals surface area contributed by atoms with E-state index in [-0.39, 0.29) is 0 Å². The van der Waals surface area contributed by atoms with E-state index in [9.17, 15) is 0 Å². The number of thiocarbonyl (C=S) groups is 1. The molecule has 0 aromatic heterocycles. The van der Waals surface area contributed by atoms with E-state index >= 15 is 0 Å². The predicted molar refractivity (Wildman–Crippen MR) is 67.1 cm³/mol. The van der Waals surface area contributed by atoms with E-state index in [1.54, 1.807) is 0 Å². The van der Waals surface area contributed by atoms with Gasteiger partial charge in [-0.3, -0.25) is 0 Å². The lowest BCUT2D eigenvalue weighted by Gasteiger charge is -2.32. The van der Waals surface area contributed by atoms with Crippen molar-refractivity contribution in [2.75, 3.05) is 6.54 Å². The van der Waals surface area contributed by atoms with Gasteiger partial charge in [-0.2, -0.15) is 0 Å². The smallest absolute Gasteiger partial charge is 0.166 e. The highest BCUT2D eigenvalue weighted by molar-refractivity contribution is 7.80. The lowest BCUT2D eigenvalue weighted by Crippen LogP contribution is -2.52. The molecule has 0 unspecified atom stereocenters. The van der Waals surface area contributed by atoms with Gasteiger partial charge in [0.25, 0.3) is 0 Å². The molecule has 0 radical (unpaired) electrons. The summed E-state index contributed by atoms with van der Waals surface area (Å²) in [6.45, 7) is 5.22. The Morgan fingerprint density at radius 1 is 1.27 bits per heavy atom. The van der Waals surface area contributed by atoms with Crippen molar-refractivity contribution in [2.24, 2.45) is 0 Å². The van der Waals surface area contributed by atoms with E-state index in [1.165, 1.54) is 11.1 Å². The Hall–Kier alpha value is -1.09. The summed E-state index contributed by atoms with van der Waals surface area (Å²) < 4.78 is 0. The molecule has 15 heavy (non-hydrogen) atoms. The zero-order valence-electron chi connectivity index (χ0n) is 9.08. The zero-order chi connectivity index (χ0) is 10.8. The van der Waals surface area contributed by atoms with E-state index in [0.29, 0.717) is 12.0 Å². The van der Waals surface area contributed by atoms with Crippen LogP contribution in [0.5, 0.6) is 0 Å². The second kappa shape index (κ2) is 4.19. The topological polar surface area (TPSA) is 24.1 Å². The maximum Gasteiger partial charge on any atom is 0.166 e. The van der Waals surface area contributed by atoms with Crippen molar-refractivity contribution in [3.63, 3.8) is 0 Å². The van der Waals surface area contributed by atoms with E-state index in [4.69, 9.17) is 12.2 Å². The molecule has 1 aliphatic heterocycles. The van der Waals surface area contributed by atoms with E-state index in [0.717, 1.165) is 11.7 Å². The Morgan fingerprint density at radius 2 is 1.93 bits per heavy atom. The molecule has 1 aliphatic rings. The Kier molecular flexibility index (Phi) is 2.91. The van der Waals surface area contributed by atoms with Crippen LogP contribution in [0.15, 0.2) is 24.3 Å². The van der Waals surface area contributed by atoms with Gasteiger partial charge in [0.15, 0.2) is 5.11 Å².